The summed E-state index contributed by atoms with van der Waals surface area (Å²) < 4.78 is 10.3. The van der Waals surface area contributed by atoms with E-state index in [-0.39, 0.29) is 0 Å². The number of nitrogens with two attached hydrogens (primary N) is 1. The van der Waals surface area contributed by atoms with Crippen LogP contribution in [0.2, 0.25) is 0 Å². The third-order valence-electron chi connectivity index (χ3n) is 2.84. The molecule has 0 spiro atoms. The number of carbonyl (C=O) groups is 1. The molecule has 0 amide bonds. The van der Waals surface area contributed by atoms with E-state index < -0.39 is 12.0 Å². The van der Waals surface area contributed by atoms with Crippen molar-refractivity contribution in [3.05, 3.63) is 60.2 Å². The average molecular weight is 271 g/mol. The number of ether oxygens (including phenoxy) is 2. The van der Waals surface area contributed by atoms with Crippen molar-refractivity contribution in [3.63, 3.8) is 0 Å². The Kier molecular flexibility index (Phi) is 4.74. The Morgan fingerprint density at radius 2 is 1.80 bits per heavy atom. The van der Waals surface area contributed by atoms with E-state index in [0.717, 1.165) is 11.3 Å². The van der Waals surface area contributed by atoms with E-state index in [1.54, 1.807) is 0 Å². The Balaban J connectivity index is 2.06. The van der Waals surface area contributed by atoms with Gasteiger partial charge in [-0.3, -0.25) is 4.79 Å². The summed E-state index contributed by atoms with van der Waals surface area (Å²) in [5.41, 5.74) is 6.67. The highest BCUT2D eigenvalue weighted by atomic mass is 16.5. The second kappa shape index (κ2) is 6.73. The van der Waals surface area contributed by atoms with Gasteiger partial charge in [0.1, 0.15) is 17.5 Å². The lowest BCUT2D eigenvalue weighted by atomic mass is 10.1. The van der Waals surface area contributed by atoms with Crippen molar-refractivity contribution in [2.75, 3.05) is 7.11 Å². The highest BCUT2D eigenvalue weighted by molar-refractivity contribution is 5.75. The van der Waals surface area contributed by atoms with E-state index in [1.807, 2.05) is 54.6 Å². The molecule has 0 fully saturated rings. The van der Waals surface area contributed by atoms with Gasteiger partial charge < -0.3 is 15.2 Å². The molecule has 0 heterocycles. The zero-order valence-electron chi connectivity index (χ0n) is 11.3. The van der Waals surface area contributed by atoms with Gasteiger partial charge >= 0.3 is 5.97 Å². The lowest BCUT2D eigenvalue weighted by molar-refractivity contribution is -0.142. The van der Waals surface area contributed by atoms with Gasteiger partial charge in [0.2, 0.25) is 0 Å². The normalized spacial score (nSPS) is 11.7. The average Bonchev–Trinajstić information content (AvgIpc) is 2.47. The first-order chi connectivity index (χ1) is 9.69. The van der Waals surface area contributed by atoms with E-state index in [1.165, 1.54) is 7.11 Å². The van der Waals surface area contributed by atoms with Crippen LogP contribution >= 0.6 is 0 Å². The van der Waals surface area contributed by atoms with Crippen molar-refractivity contribution in [1.82, 2.24) is 0 Å². The topological polar surface area (TPSA) is 61.5 Å². The number of hydrogen-bond acceptors (Lipinski definition) is 4. The van der Waals surface area contributed by atoms with E-state index in [9.17, 15) is 4.79 Å². The maximum atomic E-state index is 11.3. The Morgan fingerprint density at radius 3 is 2.50 bits per heavy atom. The largest absolute Gasteiger partial charge is 0.468 e. The van der Waals surface area contributed by atoms with Gasteiger partial charge in [0.05, 0.1) is 7.11 Å². The molecule has 0 aromatic heterocycles. The van der Waals surface area contributed by atoms with Crippen LogP contribution in [-0.4, -0.2) is 19.1 Å². The van der Waals surface area contributed by atoms with E-state index >= 15 is 0 Å². The number of hydrogen-bond donors (Lipinski definition) is 1. The molecule has 104 valence electrons. The van der Waals surface area contributed by atoms with Crippen LogP contribution in [0.15, 0.2) is 54.6 Å². The highest BCUT2D eigenvalue weighted by Crippen LogP contribution is 2.22. The third kappa shape index (κ3) is 3.83. The standard InChI is InChI=1S/C16H17NO3/c1-19-16(18)15(17)11-12-6-5-9-14(10-12)20-13-7-3-2-4-8-13/h2-10,15H,11,17H2,1H3/t15-/m1/s1. The quantitative estimate of drug-likeness (QED) is 0.849. The minimum absolute atomic E-state index is 0.415. The summed E-state index contributed by atoms with van der Waals surface area (Å²) in [6, 6.07) is 16.4. The lowest BCUT2D eigenvalue weighted by Crippen LogP contribution is -2.33. The maximum absolute atomic E-state index is 11.3. The smallest absolute Gasteiger partial charge is 0.322 e. The zero-order valence-corrected chi connectivity index (χ0v) is 11.3. The fraction of sp³-hybridized carbons (Fsp3) is 0.188. The summed E-state index contributed by atoms with van der Waals surface area (Å²) in [4.78, 5) is 11.3. The molecule has 4 nitrogen and oxygen atoms in total. The molecule has 0 aliphatic heterocycles. The van der Waals surface area contributed by atoms with E-state index in [2.05, 4.69) is 4.74 Å². The summed E-state index contributed by atoms with van der Waals surface area (Å²) in [6.07, 6.45) is 0.415. The van der Waals surface area contributed by atoms with Crippen LogP contribution in [0.3, 0.4) is 0 Å². The van der Waals surface area contributed by atoms with Crippen molar-refractivity contribution in [2.24, 2.45) is 5.73 Å². The van der Waals surface area contributed by atoms with Gasteiger partial charge in [0.15, 0.2) is 0 Å². The van der Waals surface area contributed by atoms with Gasteiger partial charge in [-0.25, -0.2) is 0 Å². The van der Waals surface area contributed by atoms with Crippen LogP contribution in [0.5, 0.6) is 11.5 Å². The molecule has 2 N–H and O–H groups in total. The first-order valence-corrected chi connectivity index (χ1v) is 6.34. The van der Waals surface area contributed by atoms with Crippen molar-refractivity contribution >= 4 is 5.97 Å². The Bertz CT molecular complexity index is 569. The molecule has 0 bridgehead atoms. The van der Waals surface area contributed by atoms with Crippen LogP contribution in [-0.2, 0) is 16.0 Å². The van der Waals surface area contributed by atoms with Crippen molar-refractivity contribution in [3.8, 4) is 11.5 Å². The molecule has 0 radical (unpaired) electrons. The molecule has 4 heteroatoms. The molecular weight excluding hydrogens is 254 g/mol. The minimum atomic E-state index is -0.660. The summed E-state index contributed by atoms with van der Waals surface area (Å²) in [6.45, 7) is 0. The van der Waals surface area contributed by atoms with Crippen LogP contribution in [0.25, 0.3) is 0 Å². The molecule has 0 saturated carbocycles. The fourth-order valence-corrected chi connectivity index (χ4v) is 1.85. The van der Waals surface area contributed by atoms with Gasteiger partial charge in [-0.15, -0.1) is 0 Å². The van der Waals surface area contributed by atoms with Gasteiger partial charge in [-0.2, -0.15) is 0 Å². The summed E-state index contributed by atoms with van der Waals surface area (Å²) in [5, 5.41) is 0. The molecule has 2 aromatic rings. The van der Waals surface area contributed by atoms with E-state index in [4.69, 9.17) is 10.5 Å². The Hall–Kier alpha value is -2.33. The molecule has 20 heavy (non-hydrogen) atoms. The number of para-hydroxylation sites is 1. The molecule has 0 aliphatic carbocycles. The molecule has 2 aromatic carbocycles. The first kappa shape index (κ1) is 14.1. The summed E-state index contributed by atoms with van der Waals surface area (Å²) >= 11 is 0. The Labute approximate surface area is 118 Å². The molecule has 0 unspecified atom stereocenters. The molecule has 0 saturated heterocycles. The summed E-state index contributed by atoms with van der Waals surface area (Å²) in [7, 11) is 1.33. The van der Waals surface area contributed by atoms with Gasteiger partial charge in [0.25, 0.3) is 0 Å². The van der Waals surface area contributed by atoms with E-state index in [0.29, 0.717) is 12.2 Å². The molecule has 0 aliphatic rings. The minimum Gasteiger partial charge on any atom is -0.468 e. The third-order valence-corrected chi connectivity index (χ3v) is 2.84. The monoisotopic (exact) mass is 271 g/mol. The number of rotatable bonds is 5. The molecule has 1 atom stereocenters. The zero-order chi connectivity index (χ0) is 14.4. The lowest BCUT2D eigenvalue weighted by Gasteiger charge is -2.11. The predicted octanol–water partition coefficient (Wildman–Crippen LogP) is 2.52. The number of carbonyl (C=O) groups excluding carboxylic acids is 1. The number of methoxy groups -OCH3 is 1. The number of benzene rings is 2. The number of esters is 1. The van der Waals surface area contributed by atoms with Crippen LogP contribution < -0.4 is 10.5 Å². The highest BCUT2D eigenvalue weighted by Gasteiger charge is 2.14. The van der Waals surface area contributed by atoms with Crippen molar-refractivity contribution in [1.29, 1.82) is 0 Å². The van der Waals surface area contributed by atoms with Crippen LogP contribution in [0, 0.1) is 0 Å². The molecular formula is C16H17NO3. The van der Waals surface area contributed by atoms with Crippen LogP contribution in [0.4, 0.5) is 0 Å². The van der Waals surface area contributed by atoms with Gasteiger partial charge in [0, 0.05) is 0 Å². The Morgan fingerprint density at radius 1 is 1.10 bits per heavy atom. The first-order valence-electron chi connectivity index (χ1n) is 6.34. The second-order valence-corrected chi connectivity index (χ2v) is 4.40. The molecule has 2 rings (SSSR count). The van der Waals surface area contributed by atoms with Gasteiger partial charge in [-0.05, 0) is 36.2 Å². The van der Waals surface area contributed by atoms with Crippen LogP contribution in [0.1, 0.15) is 5.56 Å². The SMILES string of the molecule is COC(=O)[C@H](N)Cc1cccc(Oc2ccccc2)c1. The second-order valence-electron chi connectivity index (χ2n) is 4.40. The summed E-state index contributed by atoms with van der Waals surface area (Å²) in [5.74, 6) is 1.06. The fourth-order valence-electron chi connectivity index (χ4n) is 1.85. The van der Waals surface area contributed by atoms with Crippen molar-refractivity contribution < 1.29 is 14.3 Å². The predicted molar refractivity (Wildman–Crippen MR) is 76.7 cm³/mol. The van der Waals surface area contributed by atoms with Gasteiger partial charge in [-0.1, -0.05) is 30.3 Å². The maximum Gasteiger partial charge on any atom is 0.322 e. The van der Waals surface area contributed by atoms with Crippen molar-refractivity contribution in [2.45, 2.75) is 12.5 Å².